The summed E-state index contributed by atoms with van der Waals surface area (Å²) in [6.45, 7) is 2.12. The monoisotopic (exact) mass is 325 g/mol. The van der Waals surface area contributed by atoms with Gasteiger partial charge < -0.3 is 11.1 Å². The van der Waals surface area contributed by atoms with Gasteiger partial charge in [0.2, 0.25) is 10.0 Å². The van der Waals surface area contributed by atoms with Crippen molar-refractivity contribution in [3.63, 3.8) is 0 Å². The molecule has 0 spiro atoms. The predicted octanol–water partition coefficient (Wildman–Crippen LogP) is 2.93. The van der Waals surface area contributed by atoms with E-state index >= 15 is 0 Å². The molecule has 1 unspecified atom stereocenters. The summed E-state index contributed by atoms with van der Waals surface area (Å²) in [5.41, 5.74) is 7.03. The van der Waals surface area contributed by atoms with Gasteiger partial charge in [-0.1, -0.05) is 19.4 Å². The van der Waals surface area contributed by atoms with E-state index in [1.165, 1.54) is 17.0 Å². The molecular weight excluding hydrogens is 306 g/mol. The number of rotatable bonds is 6. The largest absolute Gasteiger partial charge is 0.397 e. The van der Waals surface area contributed by atoms with E-state index < -0.39 is 10.0 Å². The summed E-state index contributed by atoms with van der Waals surface area (Å²) in [4.78, 5) is 1.25. The quantitative estimate of drug-likeness (QED) is 0.711. The lowest BCUT2D eigenvalue weighted by Gasteiger charge is -2.19. The van der Waals surface area contributed by atoms with Crippen LogP contribution >= 0.6 is 11.3 Å². The van der Waals surface area contributed by atoms with E-state index in [1.54, 1.807) is 17.4 Å². The first-order valence-electron chi connectivity index (χ1n) is 6.64. The lowest BCUT2D eigenvalue weighted by atomic mass is 10.1. The fraction of sp³-hybridized carbons (Fsp3) is 0.286. The molecule has 0 radical (unpaired) electrons. The molecule has 1 heterocycles. The average Bonchev–Trinajstić information content (AvgIpc) is 2.93. The van der Waals surface area contributed by atoms with Crippen LogP contribution in [0.5, 0.6) is 0 Å². The molecule has 1 aromatic heterocycles. The molecule has 0 aliphatic rings. The van der Waals surface area contributed by atoms with Crippen LogP contribution in [0.1, 0.15) is 30.7 Å². The van der Waals surface area contributed by atoms with Crippen molar-refractivity contribution in [2.75, 3.05) is 11.1 Å². The molecule has 0 aliphatic carbocycles. The molecule has 5 N–H and O–H groups in total. The van der Waals surface area contributed by atoms with Crippen LogP contribution < -0.4 is 16.2 Å². The second-order valence-electron chi connectivity index (χ2n) is 4.80. The van der Waals surface area contributed by atoms with Crippen molar-refractivity contribution >= 4 is 32.7 Å². The Bertz CT molecular complexity index is 697. The molecule has 114 valence electrons. The number of anilines is 2. The minimum Gasteiger partial charge on any atom is -0.397 e. The Kier molecular flexibility index (Phi) is 4.87. The number of thiophene rings is 1. The lowest BCUT2D eigenvalue weighted by molar-refractivity contribution is 0.598. The van der Waals surface area contributed by atoms with Crippen molar-refractivity contribution in [2.45, 2.75) is 30.7 Å². The van der Waals surface area contributed by atoms with Crippen molar-refractivity contribution in [3.05, 3.63) is 40.6 Å². The van der Waals surface area contributed by atoms with Crippen LogP contribution in [0.25, 0.3) is 0 Å². The van der Waals surface area contributed by atoms with Crippen molar-refractivity contribution in [3.8, 4) is 0 Å². The van der Waals surface area contributed by atoms with Gasteiger partial charge in [-0.2, -0.15) is 0 Å². The van der Waals surface area contributed by atoms with Crippen LogP contribution in [0.2, 0.25) is 0 Å². The van der Waals surface area contributed by atoms with Gasteiger partial charge in [-0.05, 0) is 36.1 Å². The maximum Gasteiger partial charge on any atom is 0.238 e. The van der Waals surface area contributed by atoms with Gasteiger partial charge in [0.1, 0.15) is 0 Å². The van der Waals surface area contributed by atoms with E-state index in [4.69, 9.17) is 10.9 Å². The lowest BCUT2D eigenvalue weighted by Crippen LogP contribution is -2.14. The molecule has 5 nitrogen and oxygen atoms in total. The Labute approximate surface area is 129 Å². The Balaban J connectivity index is 2.25. The van der Waals surface area contributed by atoms with Crippen molar-refractivity contribution < 1.29 is 8.42 Å². The molecule has 2 aromatic rings. The third-order valence-electron chi connectivity index (χ3n) is 3.15. The summed E-state index contributed by atoms with van der Waals surface area (Å²) in [5, 5.41) is 10.5. The van der Waals surface area contributed by atoms with Crippen LogP contribution in [0, 0.1) is 0 Å². The third-order valence-corrected chi connectivity index (χ3v) is 5.04. The van der Waals surface area contributed by atoms with Crippen LogP contribution in [-0.4, -0.2) is 8.42 Å². The van der Waals surface area contributed by atoms with Gasteiger partial charge in [-0.15, -0.1) is 11.3 Å². The van der Waals surface area contributed by atoms with Gasteiger partial charge in [0.05, 0.1) is 22.3 Å². The summed E-state index contributed by atoms with van der Waals surface area (Å²) in [6.07, 6.45) is 2.00. The van der Waals surface area contributed by atoms with Crippen LogP contribution in [0.4, 0.5) is 11.4 Å². The van der Waals surface area contributed by atoms with Crippen LogP contribution in [0.3, 0.4) is 0 Å². The molecule has 21 heavy (non-hydrogen) atoms. The SMILES string of the molecule is CCCC(Nc1ccc(S(N)(=O)=O)cc1N)c1cccs1. The van der Waals surface area contributed by atoms with Gasteiger partial charge in [-0.25, -0.2) is 13.6 Å². The number of hydrogen-bond acceptors (Lipinski definition) is 5. The Hall–Kier alpha value is -1.57. The van der Waals surface area contributed by atoms with E-state index in [0.717, 1.165) is 12.8 Å². The normalized spacial score (nSPS) is 13.0. The molecule has 0 amide bonds. The van der Waals surface area contributed by atoms with Crippen molar-refractivity contribution in [1.29, 1.82) is 0 Å². The number of nitrogen functional groups attached to an aromatic ring is 1. The number of hydrogen-bond donors (Lipinski definition) is 3. The highest BCUT2D eigenvalue weighted by molar-refractivity contribution is 7.89. The van der Waals surface area contributed by atoms with Gasteiger partial charge in [0, 0.05) is 4.88 Å². The van der Waals surface area contributed by atoms with Gasteiger partial charge >= 0.3 is 0 Å². The molecule has 1 aromatic carbocycles. The molecular formula is C14H19N3O2S2. The minimum absolute atomic E-state index is 0.0220. The van der Waals surface area contributed by atoms with E-state index in [-0.39, 0.29) is 10.9 Å². The molecule has 0 fully saturated rings. The maximum atomic E-state index is 11.3. The smallest absolute Gasteiger partial charge is 0.238 e. The molecule has 2 rings (SSSR count). The first-order valence-corrected chi connectivity index (χ1v) is 9.06. The Morgan fingerprint density at radius 1 is 1.33 bits per heavy atom. The fourth-order valence-corrected chi connectivity index (χ4v) is 3.46. The molecule has 0 bridgehead atoms. The number of primary sulfonamides is 1. The summed E-state index contributed by atoms with van der Waals surface area (Å²) >= 11 is 1.68. The van der Waals surface area contributed by atoms with Gasteiger partial charge in [-0.3, -0.25) is 0 Å². The van der Waals surface area contributed by atoms with Gasteiger partial charge in [0.25, 0.3) is 0 Å². The Morgan fingerprint density at radius 2 is 2.10 bits per heavy atom. The number of sulfonamides is 1. The zero-order valence-corrected chi connectivity index (χ0v) is 13.4. The second kappa shape index (κ2) is 6.46. The average molecular weight is 325 g/mol. The summed E-state index contributed by atoms with van der Waals surface area (Å²) in [7, 11) is -3.73. The summed E-state index contributed by atoms with van der Waals surface area (Å²) in [6, 6.07) is 8.76. The van der Waals surface area contributed by atoms with E-state index in [1.807, 2.05) is 11.4 Å². The molecule has 0 aliphatic heterocycles. The highest BCUT2D eigenvalue weighted by Gasteiger charge is 2.15. The topological polar surface area (TPSA) is 98.2 Å². The predicted molar refractivity (Wildman–Crippen MR) is 87.8 cm³/mol. The third kappa shape index (κ3) is 3.96. The number of nitrogens with one attached hydrogen (secondary N) is 1. The number of benzene rings is 1. The van der Waals surface area contributed by atoms with Crippen LogP contribution in [-0.2, 0) is 10.0 Å². The molecule has 0 saturated carbocycles. The minimum atomic E-state index is -3.73. The first kappa shape index (κ1) is 15.8. The Morgan fingerprint density at radius 3 is 2.62 bits per heavy atom. The van der Waals surface area contributed by atoms with E-state index in [2.05, 4.69) is 18.3 Å². The highest BCUT2D eigenvalue weighted by atomic mass is 32.2. The van der Waals surface area contributed by atoms with Crippen molar-refractivity contribution in [1.82, 2.24) is 0 Å². The van der Waals surface area contributed by atoms with Crippen LogP contribution in [0.15, 0.2) is 40.6 Å². The molecule has 7 heteroatoms. The number of nitrogens with two attached hydrogens (primary N) is 2. The van der Waals surface area contributed by atoms with E-state index in [9.17, 15) is 8.42 Å². The standard InChI is InChI=1S/C14H19N3O2S2/c1-2-4-13(14-5-3-8-20-14)17-12-7-6-10(9-11(12)15)21(16,18)19/h3,5-9,13,17H,2,4,15H2,1H3,(H2,16,18,19). The zero-order chi connectivity index (χ0) is 15.5. The maximum absolute atomic E-state index is 11.3. The second-order valence-corrected chi connectivity index (χ2v) is 7.34. The van der Waals surface area contributed by atoms with Crippen molar-refractivity contribution in [2.24, 2.45) is 5.14 Å². The molecule has 1 atom stereocenters. The first-order chi connectivity index (χ1) is 9.91. The summed E-state index contributed by atoms with van der Waals surface area (Å²) < 4.78 is 22.6. The fourth-order valence-electron chi connectivity index (χ4n) is 2.10. The summed E-state index contributed by atoms with van der Waals surface area (Å²) in [5.74, 6) is 0. The zero-order valence-electron chi connectivity index (χ0n) is 11.7. The highest BCUT2D eigenvalue weighted by Crippen LogP contribution is 2.30. The van der Waals surface area contributed by atoms with Gasteiger partial charge in [0.15, 0.2) is 0 Å². The van der Waals surface area contributed by atoms with E-state index in [0.29, 0.717) is 11.4 Å². The molecule has 0 saturated heterocycles.